The van der Waals surface area contributed by atoms with E-state index in [0.717, 1.165) is 35.2 Å². The van der Waals surface area contributed by atoms with Crippen LogP contribution in [0, 0.1) is 0 Å². The van der Waals surface area contributed by atoms with Crippen LogP contribution < -0.4 is 11.1 Å². The van der Waals surface area contributed by atoms with Crippen LogP contribution in [-0.2, 0) is 0 Å². The Kier molecular flexibility index (Phi) is 3.42. The third kappa shape index (κ3) is 2.64. The summed E-state index contributed by atoms with van der Waals surface area (Å²) >= 11 is 0. The third-order valence-electron chi connectivity index (χ3n) is 2.77. The van der Waals surface area contributed by atoms with Gasteiger partial charge in [0.15, 0.2) is 0 Å². The summed E-state index contributed by atoms with van der Waals surface area (Å²) in [6.07, 6.45) is 3.85. The maximum absolute atomic E-state index is 5.74. The zero-order valence-corrected chi connectivity index (χ0v) is 10.3. The molecule has 0 aliphatic heterocycles. The highest BCUT2D eigenvalue weighted by molar-refractivity contribution is 5.90. The molecule has 4 nitrogen and oxygen atoms in total. The van der Waals surface area contributed by atoms with Crippen LogP contribution >= 0.6 is 0 Å². The lowest BCUT2D eigenvalue weighted by Gasteiger charge is -2.14. The zero-order chi connectivity index (χ0) is 12.3. The number of hydrogen-bond acceptors (Lipinski definition) is 4. The topological polar surface area (TPSA) is 63.8 Å². The molecular weight excluding hydrogens is 212 g/mol. The quantitative estimate of drug-likeness (QED) is 0.793. The molecule has 0 fully saturated rings. The molecule has 1 unspecified atom stereocenters. The van der Waals surface area contributed by atoms with E-state index in [-0.39, 0.29) is 0 Å². The number of nitrogens with two attached hydrogens (primary N) is 1. The van der Waals surface area contributed by atoms with Crippen molar-refractivity contribution in [3.63, 3.8) is 0 Å². The summed E-state index contributed by atoms with van der Waals surface area (Å²) in [5.74, 6) is 0.885. The van der Waals surface area contributed by atoms with E-state index in [0.29, 0.717) is 6.04 Å². The number of fused-ring (bicyclic) bond motifs is 1. The normalized spacial score (nSPS) is 12.6. The second-order valence-electron chi connectivity index (χ2n) is 4.33. The first-order valence-electron chi connectivity index (χ1n) is 5.97. The van der Waals surface area contributed by atoms with Crippen LogP contribution in [0.25, 0.3) is 10.9 Å². The van der Waals surface area contributed by atoms with Gasteiger partial charge in [0.1, 0.15) is 12.1 Å². The Morgan fingerprint density at radius 2 is 2.18 bits per heavy atom. The lowest BCUT2D eigenvalue weighted by atomic mass is 10.1. The molecule has 4 heteroatoms. The van der Waals surface area contributed by atoms with E-state index in [1.165, 1.54) is 0 Å². The Morgan fingerprint density at radius 1 is 1.35 bits per heavy atom. The van der Waals surface area contributed by atoms with Crippen molar-refractivity contribution in [2.24, 2.45) is 0 Å². The molecule has 90 valence electrons. The Morgan fingerprint density at radius 3 is 2.94 bits per heavy atom. The van der Waals surface area contributed by atoms with E-state index in [9.17, 15) is 0 Å². The minimum absolute atomic E-state index is 0.413. The van der Waals surface area contributed by atoms with Crippen molar-refractivity contribution < 1.29 is 0 Å². The van der Waals surface area contributed by atoms with Gasteiger partial charge < -0.3 is 11.1 Å². The number of aromatic nitrogens is 2. The molecule has 0 saturated heterocycles. The van der Waals surface area contributed by atoms with Gasteiger partial charge in [0.2, 0.25) is 0 Å². The van der Waals surface area contributed by atoms with Crippen molar-refractivity contribution >= 4 is 22.4 Å². The minimum atomic E-state index is 0.413. The molecular formula is C13H18N4. The van der Waals surface area contributed by atoms with Gasteiger partial charge in [-0.15, -0.1) is 0 Å². The lowest BCUT2D eigenvalue weighted by Crippen LogP contribution is -2.15. The molecule has 2 aromatic rings. The lowest BCUT2D eigenvalue weighted by molar-refractivity contribution is 0.688. The third-order valence-corrected chi connectivity index (χ3v) is 2.77. The van der Waals surface area contributed by atoms with Crippen molar-refractivity contribution in [2.45, 2.75) is 32.7 Å². The van der Waals surface area contributed by atoms with Gasteiger partial charge in [0, 0.05) is 17.1 Å². The number of anilines is 2. The highest BCUT2D eigenvalue weighted by atomic mass is 15.0. The molecule has 0 bridgehead atoms. The summed E-state index contributed by atoms with van der Waals surface area (Å²) in [4.78, 5) is 8.52. The van der Waals surface area contributed by atoms with Crippen LogP contribution in [0.15, 0.2) is 24.5 Å². The van der Waals surface area contributed by atoms with E-state index in [1.54, 1.807) is 6.33 Å². The van der Waals surface area contributed by atoms with Crippen molar-refractivity contribution in [1.29, 1.82) is 0 Å². The maximum atomic E-state index is 5.74. The van der Waals surface area contributed by atoms with Gasteiger partial charge in [-0.05, 0) is 31.5 Å². The predicted octanol–water partition coefficient (Wildman–Crippen LogP) is 2.81. The zero-order valence-electron chi connectivity index (χ0n) is 10.3. The van der Waals surface area contributed by atoms with Gasteiger partial charge in [-0.25, -0.2) is 9.97 Å². The number of rotatable bonds is 4. The molecule has 17 heavy (non-hydrogen) atoms. The molecule has 0 radical (unpaired) electrons. The first kappa shape index (κ1) is 11.6. The van der Waals surface area contributed by atoms with Crippen molar-refractivity contribution in [3.05, 3.63) is 24.5 Å². The smallest absolute Gasteiger partial charge is 0.137 e. The summed E-state index contributed by atoms with van der Waals surface area (Å²) in [5, 5.41) is 4.43. The van der Waals surface area contributed by atoms with E-state index in [2.05, 4.69) is 29.1 Å². The largest absolute Gasteiger partial charge is 0.399 e. The predicted molar refractivity (Wildman–Crippen MR) is 71.9 cm³/mol. The molecule has 0 aliphatic carbocycles. The molecule has 2 rings (SSSR count). The fourth-order valence-electron chi connectivity index (χ4n) is 1.93. The van der Waals surface area contributed by atoms with Crippen molar-refractivity contribution in [3.8, 4) is 0 Å². The summed E-state index contributed by atoms with van der Waals surface area (Å²) in [6.45, 7) is 4.34. The van der Waals surface area contributed by atoms with Crippen LogP contribution in [0.5, 0.6) is 0 Å². The molecule has 1 aromatic carbocycles. The molecule has 0 aliphatic rings. The number of nitrogen functional groups attached to an aromatic ring is 1. The van der Waals surface area contributed by atoms with Crippen LogP contribution in [0.1, 0.15) is 26.7 Å². The highest BCUT2D eigenvalue weighted by Gasteiger charge is 2.06. The van der Waals surface area contributed by atoms with E-state index < -0.39 is 0 Å². The standard InChI is InChI=1S/C13H18N4/c1-3-4-9(2)17-13-11-6-5-10(14)7-12(11)15-8-16-13/h5-9H,3-4,14H2,1-2H3,(H,15,16,17). The van der Waals surface area contributed by atoms with Crippen molar-refractivity contribution in [2.75, 3.05) is 11.1 Å². The molecule has 1 atom stereocenters. The first-order chi connectivity index (χ1) is 8.20. The number of benzene rings is 1. The number of hydrogen-bond donors (Lipinski definition) is 2. The van der Waals surface area contributed by atoms with E-state index in [1.807, 2.05) is 18.2 Å². The number of nitrogens with one attached hydrogen (secondary N) is 1. The number of nitrogens with zero attached hydrogens (tertiary/aromatic N) is 2. The van der Waals surface area contributed by atoms with Crippen LogP contribution in [0.2, 0.25) is 0 Å². The van der Waals surface area contributed by atoms with Gasteiger partial charge in [-0.1, -0.05) is 13.3 Å². The Balaban J connectivity index is 2.34. The van der Waals surface area contributed by atoms with E-state index in [4.69, 9.17) is 5.73 Å². The van der Waals surface area contributed by atoms with Gasteiger partial charge in [-0.3, -0.25) is 0 Å². The second kappa shape index (κ2) is 4.99. The molecule has 0 saturated carbocycles. The minimum Gasteiger partial charge on any atom is -0.399 e. The van der Waals surface area contributed by atoms with Gasteiger partial charge >= 0.3 is 0 Å². The average Bonchev–Trinajstić information content (AvgIpc) is 2.29. The van der Waals surface area contributed by atoms with Crippen LogP contribution in [0.4, 0.5) is 11.5 Å². The summed E-state index contributed by atoms with van der Waals surface area (Å²) < 4.78 is 0. The Bertz CT molecular complexity index is 510. The first-order valence-corrected chi connectivity index (χ1v) is 5.97. The Hall–Kier alpha value is -1.84. The average molecular weight is 230 g/mol. The summed E-state index contributed by atoms with van der Waals surface area (Å²) in [6, 6.07) is 6.12. The molecule has 1 aromatic heterocycles. The monoisotopic (exact) mass is 230 g/mol. The van der Waals surface area contributed by atoms with Gasteiger partial charge in [0.05, 0.1) is 5.52 Å². The molecule has 3 N–H and O–H groups in total. The fraction of sp³-hybridized carbons (Fsp3) is 0.385. The Labute approximate surface area is 101 Å². The molecule has 0 spiro atoms. The van der Waals surface area contributed by atoms with Gasteiger partial charge in [-0.2, -0.15) is 0 Å². The summed E-state index contributed by atoms with van der Waals surface area (Å²) in [5.41, 5.74) is 7.35. The molecule has 1 heterocycles. The summed E-state index contributed by atoms with van der Waals surface area (Å²) in [7, 11) is 0. The SMILES string of the molecule is CCCC(C)Nc1ncnc2cc(N)ccc12. The molecule has 0 amide bonds. The highest BCUT2D eigenvalue weighted by Crippen LogP contribution is 2.22. The van der Waals surface area contributed by atoms with E-state index >= 15 is 0 Å². The maximum Gasteiger partial charge on any atom is 0.137 e. The van der Waals surface area contributed by atoms with Crippen LogP contribution in [0.3, 0.4) is 0 Å². The fourth-order valence-corrected chi connectivity index (χ4v) is 1.93. The van der Waals surface area contributed by atoms with Crippen LogP contribution in [-0.4, -0.2) is 16.0 Å². The van der Waals surface area contributed by atoms with Gasteiger partial charge in [0.25, 0.3) is 0 Å². The van der Waals surface area contributed by atoms with Crippen molar-refractivity contribution in [1.82, 2.24) is 9.97 Å². The second-order valence-corrected chi connectivity index (χ2v) is 4.33.